The molecular formula is C14H16BrNO5S. The van der Waals surface area contributed by atoms with Gasteiger partial charge < -0.3 is 10.1 Å². The first-order valence-corrected chi connectivity index (χ1v) is 9.37. The highest BCUT2D eigenvalue weighted by Crippen LogP contribution is 2.21. The Bertz CT molecular complexity index is 656. The van der Waals surface area contributed by atoms with Crippen molar-refractivity contribution in [3.05, 3.63) is 28.7 Å². The van der Waals surface area contributed by atoms with Gasteiger partial charge in [0.25, 0.3) is 5.91 Å². The number of nitrogens with one attached hydrogen (secondary N) is 1. The minimum Gasteiger partial charge on any atom is -0.456 e. The van der Waals surface area contributed by atoms with Crippen LogP contribution in [0.5, 0.6) is 0 Å². The van der Waals surface area contributed by atoms with Crippen LogP contribution in [0.1, 0.15) is 12.8 Å². The molecule has 0 spiro atoms. The van der Waals surface area contributed by atoms with Crippen LogP contribution in [0, 0.1) is 5.92 Å². The quantitative estimate of drug-likeness (QED) is 0.774. The maximum absolute atomic E-state index is 11.6. The van der Waals surface area contributed by atoms with Crippen LogP contribution in [0.15, 0.2) is 28.7 Å². The molecule has 1 aliphatic heterocycles. The molecule has 1 aliphatic rings. The molecule has 1 heterocycles. The fraction of sp³-hybridized carbons (Fsp3) is 0.429. The Hall–Kier alpha value is -1.41. The van der Waals surface area contributed by atoms with E-state index in [0.717, 1.165) is 4.47 Å². The molecule has 0 aromatic heterocycles. The number of rotatable bonds is 5. The van der Waals surface area contributed by atoms with Crippen molar-refractivity contribution in [3.63, 3.8) is 0 Å². The van der Waals surface area contributed by atoms with Gasteiger partial charge >= 0.3 is 5.97 Å². The molecule has 2 rings (SSSR count). The fourth-order valence-electron chi connectivity index (χ4n) is 2.20. The largest absolute Gasteiger partial charge is 0.456 e. The predicted octanol–water partition coefficient (Wildman–Crippen LogP) is 1.76. The van der Waals surface area contributed by atoms with E-state index in [1.807, 2.05) is 0 Å². The van der Waals surface area contributed by atoms with Gasteiger partial charge in [-0.25, -0.2) is 8.42 Å². The van der Waals surface area contributed by atoms with Crippen molar-refractivity contribution >= 4 is 43.3 Å². The Morgan fingerprint density at radius 1 is 1.27 bits per heavy atom. The van der Waals surface area contributed by atoms with Gasteiger partial charge in [-0.1, -0.05) is 15.9 Å². The molecule has 0 aliphatic carbocycles. The first kappa shape index (κ1) is 17.0. The monoisotopic (exact) mass is 389 g/mol. The molecule has 8 heteroatoms. The summed E-state index contributed by atoms with van der Waals surface area (Å²) in [4.78, 5) is 23.3. The van der Waals surface area contributed by atoms with Crippen LogP contribution < -0.4 is 5.32 Å². The van der Waals surface area contributed by atoms with E-state index in [9.17, 15) is 18.0 Å². The summed E-state index contributed by atoms with van der Waals surface area (Å²) < 4.78 is 28.4. The highest BCUT2D eigenvalue weighted by molar-refractivity contribution is 9.10. The third-order valence-corrected chi connectivity index (χ3v) is 5.64. The number of amides is 1. The Morgan fingerprint density at radius 2 is 1.95 bits per heavy atom. The van der Waals surface area contributed by atoms with E-state index >= 15 is 0 Å². The van der Waals surface area contributed by atoms with Crippen LogP contribution in [0.25, 0.3) is 0 Å². The summed E-state index contributed by atoms with van der Waals surface area (Å²) in [6.45, 7) is -0.381. The molecule has 22 heavy (non-hydrogen) atoms. The van der Waals surface area contributed by atoms with Gasteiger partial charge in [-0.15, -0.1) is 0 Å². The number of ether oxygens (including phenoxy) is 1. The molecule has 0 bridgehead atoms. The summed E-state index contributed by atoms with van der Waals surface area (Å²) in [5.74, 6) is -1.04. The first-order valence-electron chi connectivity index (χ1n) is 6.75. The molecule has 120 valence electrons. The zero-order chi connectivity index (χ0) is 16.2. The van der Waals surface area contributed by atoms with Gasteiger partial charge in [0.1, 0.15) is 0 Å². The summed E-state index contributed by atoms with van der Waals surface area (Å²) in [6, 6.07) is 6.99. The van der Waals surface area contributed by atoms with Gasteiger partial charge in [0.15, 0.2) is 16.4 Å². The standard InChI is InChI=1S/C14H16BrNO5S/c15-11-1-3-12(4-2-11)16-13(17)8-21-14(18)7-10-5-6-22(19,20)9-10/h1-4,10H,5-9H2,(H,16,17)/t10-/m1/s1. The highest BCUT2D eigenvalue weighted by atomic mass is 79.9. The van der Waals surface area contributed by atoms with Gasteiger partial charge in [-0.3, -0.25) is 9.59 Å². The number of anilines is 1. The van der Waals surface area contributed by atoms with Crippen LogP contribution in [0.4, 0.5) is 5.69 Å². The SMILES string of the molecule is O=C(COC(=O)C[C@H]1CCS(=O)(=O)C1)Nc1ccc(Br)cc1. The number of carbonyl (C=O) groups excluding carboxylic acids is 2. The number of benzene rings is 1. The van der Waals surface area contributed by atoms with Crippen molar-refractivity contribution in [1.82, 2.24) is 0 Å². The summed E-state index contributed by atoms with van der Waals surface area (Å²) in [5, 5.41) is 2.60. The molecule has 1 saturated heterocycles. The lowest BCUT2D eigenvalue weighted by molar-refractivity contribution is -0.148. The smallest absolute Gasteiger partial charge is 0.306 e. The van der Waals surface area contributed by atoms with Crippen LogP contribution >= 0.6 is 15.9 Å². The maximum atomic E-state index is 11.6. The van der Waals surface area contributed by atoms with Crippen molar-refractivity contribution in [2.75, 3.05) is 23.4 Å². The van der Waals surface area contributed by atoms with Gasteiger partial charge in [0.2, 0.25) is 0 Å². The van der Waals surface area contributed by atoms with E-state index in [1.54, 1.807) is 24.3 Å². The van der Waals surface area contributed by atoms with Gasteiger partial charge in [-0.2, -0.15) is 0 Å². The second kappa shape index (κ2) is 7.23. The number of hydrogen-bond donors (Lipinski definition) is 1. The zero-order valence-corrected chi connectivity index (χ0v) is 14.2. The van der Waals surface area contributed by atoms with Crippen LogP contribution in [-0.4, -0.2) is 38.4 Å². The van der Waals surface area contributed by atoms with Crippen molar-refractivity contribution in [1.29, 1.82) is 0 Å². The fourth-order valence-corrected chi connectivity index (χ4v) is 4.33. The first-order chi connectivity index (χ1) is 10.3. The minimum atomic E-state index is -3.01. The number of hydrogen-bond acceptors (Lipinski definition) is 5. The Balaban J connectivity index is 1.72. The lowest BCUT2D eigenvalue weighted by atomic mass is 10.1. The second-order valence-electron chi connectivity index (χ2n) is 5.19. The highest BCUT2D eigenvalue weighted by Gasteiger charge is 2.29. The molecule has 0 radical (unpaired) electrons. The topological polar surface area (TPSA) is 89.5 Å². The van der Waals surface area contributed by atoms with Crippen molar-refractivity contribution < 1.29 is 22.7 Å². The molecular weight excluding hydrogens is 374 g/mol. The third kappa shape index (κ3) is 5.42. The number of sulfone groups is 1. The molecule has 1 aromatic rings. The lowest BCUT2D eigenvalue weighted by Gasteiger charge is -2.09. The van der Waals surface area contributed by atoms with E-state index in [1.165, 1.54) is 0 Å². The summed E-state index contributed by atoms with van der Waals surface area (Å²) in [7, 11) is -3.01. The Morgan fingerprint density at radius 3 is 2.55 bits per heavy atom. The van der Waals surface area contributed by atoms with Crippen molar-refractivity contribution in [2.24, 2.45) is 5.92 Å². The van der Waals surface area contributed by atoms with Gasteiger partial charge in [-0.05, 0) is 36.6 Å². The Kier molecular flexibility index (Phi) is 5.57. The van der Waals surface area contributed by atoms with E-state index in [2.05, 4.69) is 21.2 Å². The van der Waals surface area contributed by atoms with Gasteiger partial charge in [0, 0.05) is 16.6 Å². The van der Waals surface area contributed by atoms with E-state index < -0.39 is 21.7 Å². The zero-order valence-electron chi connectivity index (χ0n) is 11.7. The van der Waals surface area contributed by atoms with Gasteiger partial charge in [0.05, 0.1) is 11.5 Å². The molecule has 1 aromatic carbocycles. The maximum Gasteiger partial charge on any atom is 0.306 e. The summed E-state index contributed by atoms with van der Waals surface area (Å²) >= 11 is 3.29. The van der Waals surface area contributed by atoms with E-state index in [4.69, 9.17) is 4.74 Å². The number of halogens is 1. The van der Waals surface area contributed by atoms with Crippen LogP contribution in [0.2, 0.25) is 0 Å². The molecule has 1 amide bonds. The predicted molar refractivity (Wildman–Crippen MR) is 85.1 cm³/mol. The summed E-state index contributed by atoms with van der Waals surface area (Å²) in [5.41, 5.74) is 0.603. The Labute approximate surface area is 137 Å². The van der Waals surface area contributed by atoms with Crippen molar-refractivity contribution in [2.45, 2.75) is 12.8 Å². The molecule has 1 atom stereocenters. The number of esters is 1. The van der Waals surface area contributed by atoms with Crippen LogP contribution in [-0.2, 0) is 24.2 Å². The molecule has 0 saturated carbocycles. The minimum absolute atomic E-state index is 0.0210. The number of carbonyl (C=O) groups is 2. The van der Waals surface area contributed by atoms with E-state index in [0.29, 0.717) is 12.1 Å². The normalized spacial score (nSPS) is 19.6. The summed E-state index contributed by atoms with van der Waals surface area (Å²) in [6.07, 6.45) is 0.507. The van der Waals surface area contributed by atoms with Crippen molar-refractivity contribution in [3.8, 4) is 0 Å². The van der Waals surface area contributed by atoms with E-state index in [-0.39, 0.29) is 30.5 Å². The molecule has 0 unspecified atom stereocenters. The molecule has 1 N–H and O–H groups in total. The second-order valence-corrected chi connectivity index (χ2v) is 8.33. The molecule has 1 fully saturated rings. The third-order valence-electron chi connectivity index (χ3n) is 3.27. The average molecular weight is 390 g/mol. The molecule has 6 nitrogen and oxygen atoms in total. The van der Waals surface area contributed by atoms with Crippen LogP contribution in [0.3, 0.4) is 0 Å². The lowest BCUT2D eigenvalue weighted by Crippen LogP contribution is -2.22. The average Bonchev–Trinajstić information content (AvgIpc) is 2.78.